The molecular weight excluding hydrogens is 336 g/mol. The van der Waals surface area contributed by atoms with Crippen molar-refractivity contribution >= 4 is 22.3 Å². The van der Waals surface area contributed by atoms with Gasteiger partial charge in [0.1, 0.15) is 23.2 Å². The van der Waals surface area contributed by atoms with Crippen LogP contribution >= 0.6 is 0 Å². The third-order valence-corrected chi connectivity index (χ3v) is 5.65. The average Bonchev–Trinajstić information content (AvgIpc) is 2.68. The van der Waals surface area contributed by atoms with Gasteiger partial charge in [-0.25, -0.2) is 0 Å². The Morgan fingerprint density at radius 3 is 2.59 bits per heavy atom. The van der Waals surface area contributed by atoms with Crippen LogP contribution in [0.3, 0.4) is 0 Å². The van der Waals surface area contributed by atoms with Crippen LogP contribution in [0.4, 0.5) is 11.5 Å². The SMILES string of the molecule is CCC(CC)[C@@H]1c2ccc3ccccc3c2Oc2nc(N)c(C#N)c(N)c21. The molecule has 27 heavy (non-hydrogen) atoms. The molecule has 2 heterocycles. The number of benzene rings is 2. The maximum atomic E-state index is 9.49. The minimum Gasteiger partial charge on any atom is -0.438 e. The van der Waals surface area contributed by atoms with Gasteiger partial charge in [0, 0.05) is 22.4 Å². The largest absolute Gasteiger partial charge is 0.438 e. The third kappa shape index (κ3) is 2.48. The fourth-order valence-corrected chi connectivity index (χ4v) is 4.23. The number of pyridine rings is 1. The quantitative estimate of drug-likeness (QED) is 0.690. The Labute approximate surface area is 158 Å². The molecule has 1 aliphatic rings. The third-order valence-electron chi connectivity index (χ3n) is 5.65. The molecule has 0 aliphatic carbocycles. The lowest BCUT2D eigenvalue weighted by Crippen LogP contribution is -2.22. The molecule has 1 atom stereocenters. The van der Waals surface area contributed by atoms with E-state index in [0.29, 0.717) is 17.5 Å². The maximum absolute atomic E-state index is 9.49. The monoisotopic (exact) mass is 358 g/mol. The van der Waals surface area contributed by atoms with Gasteiger partial charge in [-0.3, -0.25) is 0 Å². The van der Waals surface area contributed by atoms with Crippen LogP contribution in [-0.4, -0.2) is 4.98 Å². The van der Waals surface area contributed by atoms with Crippen LogP contribution in [0.1, 0.15) is 49.3 Å². The lowest BCUT2D eigenvalue weighted by molar-refractivity contribution is 0.375. The van der Waals surface area contributed by atoms with Crippen molar-refractivity contribution in [2.75, 3.05) is 11.5 Å². The van der Waals surface area contributed by atoms with Gasteiger partial charge in [-0.05, 0) is 11.3 Å². The highest BCUT2D eigenvalue weighted by Crippen LogP contribution is 2.53. The lowest BCUT2D eigenvalue weighted by atomic mass is 9.75. The zero-order chi connectivity index (χ0) is 19.1. The Bertz CT molecular complexity index is 1080. The van der Waals surface area contributed by atoms with Gasteiger partial charge in [0.2, 0.25) is 5.88 Å². The molecule has 1 aromatic heterocycles. The molecule has 5 nitrogen and oxygen atoms in total. The fourth-order valence-electron chi connectivity index (χ4n) is 4.23. The molecule has 0 radical (unpaired) electrons. The smallest absolute Gasteiger partial charge is 0.227 e. The number of nitriles is 1. The topological polar surface area (TPSA) is 98.0 Å². The second-order valence-electron chi connectivity index (χ2n) is 6.98. The molecule has 3 aromatic rings. The van der Waals surface area contributed by atoms with E-state index in [4.69, 9.17) is 16.2 Å². The number of hydrogen-bond donors (Lipinski definition) is 2. The molecule has 0 bridgehead atoms. The fraction of sp³-hybridized carbons (Fsp3) is 0.273. The zero-order valence-electron chi connectivity index (χ0n) is 15.5. The van der Waals surface area contributed by atoms with Crippen molar-refractivity contribution in [2.45, 2.75) is 32.6 Å². The normalized spacial score (nSPS) is 15.1. The Morgan fingerprint density at radius 2 is 1.89 bits per heavy atom. The first-order chi connectivity index (χ1) is 13.1. The summed E-state index contributed by atoms with van der Waals surface area (Å²) in [7, 11) is 0. The van der Waals surface area contributed by atoms with Crippen LogP contribution in [0.2, 0.25) is 0 Å². The first-order valence-electron chi connectivity index (χ1n) is 9.29. The highest BCUT2D eigenvalue weighted by molar-refractivity contribution is 5.91. The number of nitrogen functional groups attached to an aromatic ring is 2. The summed E-state index contributed by atoms with van der Waals surface area (Å²) in [5, 5.41) is 11.6. The summed E-state index contributed by atoms with van der Waals surface area (Å²) in [5.74, 6) is 1.72. The molecule has 0 saturated carbocycles. The number of hydrogen-bond acceptors (Lipinski definition) is 5. The van der Waals surface area contributed by atoms with E-state index in [1.165, 1.54) is 0 Å². The summed E-state index contributed by atoms with van der Waals surface area (Å²) in [6.07, 6.45) is 1.97. The van der Waals surface area contributed by atoms with Crippen LogP contribution in [0.5, 0.6) is 11.6 Å². The van der Waals surface area contributed by atoms with Crippen molar-refractivity contribution in [3.8, 4) is 17.7 Å². The zero-order valence-corrected chi connectivity index (χ0v) is 15.5. The molecule has 0 fully saturated rings. The Morgan fingerprint density at radius 1 is 1.15 bits per heavy atom. The Hall–Kier alpha value is -3.26. The predicted molar refractivity (Wildman–Crippen MR) is 108 cm³/mol. The Kier molecular flexibility index (Phi) is 4.12. The van der Waals surface area contributed by atoms with Gasteiger partial charge < -0.3 is 16.2 Å². The number of aromatic nitrogens is 1. The highest BCUT2D eigenvalue weighted by Gasteiger charge is 2.36. The van der Waals surface area contributed by atoms with Crippen LogP contribution < -0.4 is 16.2 Å². The molecular formula is C22H22N4O. The molecule has 1 aliphatic heterocycles. The van der Waals surface area contributed by atoms with Crippen molar-refractivity contribution in [2.24, 2.45) is 5.92 Å². The van der Waals surface area contributed by atoms with Crippen LogP contribution in [-0.2, 0) is 0 Å². The molecule has 0 spiro atoms. The maximum Gasteiger partial charge on any atom is 0.227 e. The van der Waals surface area contributed by atoms with Gasteiger partial charge in [0.15, 0.2) is 0 Å². The number of nitrogens with two attached hydrogens (primary N) is 2. The van der Waals surface area contributed by atoms with Gasteiger partial charge in [0.25, 0.3) is 0 Å². The van der Waals surface area contributed by atoms with E-state index >= 15 is 0 Å². The summed E-state index contributed by atoms with van der Waals surface area (Å²) in [6, 6.07) is 14.5. The number of fused-ring (bicyclic) bond motifs is 4. The number of anilines is 2. The summed E-state index contributed by atoms with van der Waals surface area (Å²) >= 11 is 0. The van der Waals surface area contributed by atoms with Crippen molar-refractivity contribution in [1.82, 2.24) is 4.98 Å². The van der Waals surface area contributed by atoms with Crippen molar-refractivity contribution in [1.29, 1.82) is 5.26 Å². The second-order valence-corrected chi connectivity index (χ2v) is 6.98. The van der Waals surface area contributed by atoms with Crippen LogP contribution in [0.15, 0.2) is 36.4 Å². The van der Waals surface area contributed by atoms with Gasteiger partial charge >= 0.3 is 0 Å². The van der Waals surface area contributed by atoms with E-state index in [0.717, 1.165) is 40.5 Å². The van der Waals surface area contributed by atoms with E-state index in [9.17, 15) is 5.26 Å². The van der Waals surface area contributed by atoms with E-state index in [1.807, 2.05) is 12.1 Å². The van der Waals surface area contributed by atoms with E-state index < -0.39 is 0 Å². The summed E-state index contributed by atoms with van der Waals surface area (Å²) in [4.78, 5) is 4.41. The first kappa shape index (κ1) is 17.2. The van der Waals surface area contributed by atoms with Gasteiger partial charge in [-0.2, -0.15) is 10.2 Å². The summed E-state index contributed by atoms with van der Waals surface area (Å²) in [6.45, 7) is 4.35. The Balaban J connectivity index is 2.06. The average molecular weight is 358 g/mol. The molecule has 2 aromatic carbocycles. The minimum atomic E-state index is 0.0172. The molecule has 0 amide bonds. The van der Waals surface area contributed by atoms with Crippen LogP contribution in [0.25, 0.3) is 10.8 Å². The second kappa shape index (κ2) is 6.48. The number of ether oxygens (including phenoxy) is 1. The minimum absolute atomic E-state index is 0.0172. The molecule has 4 N–H and O–H groups in total. The van der Waals surface area contributed by atoms with Gasteiger partial charge in [-0.15, -0.1) is 0 Å². The predicted octanol–water partition coefficient (Wildman–Crippen LogP) is 4.94. The van der Waals surface area contributed by atoms with Gasteiger partial charge in [-0.1, -0.05) is 63.1 Å². The first-order valence-corrected chi connectivity index (χ1v) is 9.29. The van der Waals surface area contributed by atoms with E-state index in [2.05, 4.69) is 49.2 Å². The summed E-state index contributed by atoms with van der Waals surface area (Å²) in [5.41, 5.74) is 14.9. The van der Waals surface area contributed by atoms with Crippen molar-refractivity contribution in [3.05, 3.63) is 53.1 Å². The standard InChI is InChI=1S/C22H22N4O/c1-3-12(4-2)17-15-10-9-13-7-5-6-8-14(13)20(15)27-22-18(17)19(24)16(11-23)21(25)26-22/h5-10,12,17H,3-4H2,1-2H3,(H4,24,25,26)/t17-/m1/s1. The molecule has 136 valence electrons. The van der Waals surface area contributed by atoms with E-state index in [1.54, 1.807) is 0 Å². The number of rotatable bonds is 3. The molecule has 0 unspecified atom stereocenters. The molecule has 0 saturated heterocycles. The lowest BCUT2D eigenvalue weighted by Gasteiger charge is -2.34. The molecule has 5 heteroatoms. The van der Waals surface area contributed by atoms with Crippen molar-refractivity contribution in [3.63, 3.8) is 0 Å². The van der Waals surface area contributed by atoms with Crippen molar-refractivity contribution < 1.29 is 4.74 Å². The highest BCUT2D eigenvalue weighted by atomic mass is 16.5. The molecule has 4 rings (SSSR count). The summed E-state index contributed by atoms with van der Waals surface area (Å²) < 4.78 is 6.24. The van der Waals surface area contributed by atoms with Gasteiger partial charge in [0.05, 0.1) is 5.69 Å². The van der Waals surface area contributed by atoms with Crippen LogP contribution in [0, 0.1) is 17.2 Å². The number of nitrogens with zero attached hydrogens (tertiary/aromatic N) is 2. The van der Waals surface area contributed by atoms with E-state index in [-0.39, 0.29) is 17.3 Å².